The molecule has 2 aromatic carbocycles. The molecule has 3 aromatic rings. The summed E-state index contributed by atoms with van der Waals surface area (Å²) in [5.74, 6) is 1.04. The van der Waals surface area contributed by atoms with E-state index < -0.39 is 0 Å². The zero-order valence-electron chi connectivity index (χ0n) is 12.7. The van der Waals surface area contributed by atoms with Crippen molar-refractivity contribution in [3.63, 3.8) is 0 Å². The lowest BCUT2D eigenvalue weighted by Crippen LogP contribution is -2.11. The van der Waals surface area contributed by atoms with Gasteiger partial charge in [0.2, 0.25) is 5.88 Å². The highest BCUT2D eigenvalue weighted by atomic mass is 16.5. The highest BCUT2D eigenvalue weighted by Crippen LogP contribution is 2.21. The maximum atomic E-state index is 12.1. The molecule has 0 bridgehead atoms. The Morgan fingerprint density at radius 1 is 0.957 bits per heavy atom. The molecule has 0 saturated carbocycles. The van der Waals surface area contributed by atoms with Crippen LogP contribution in [0.15, 0.2) is 72.9 Å². The Bertz CT molecular complexity index is 782. The number of anilines is 1. The van der Waals surface area contributed by atoms with E-state index in [1.54, 1.807) is 30.5 Å². The number of benzene rings is 2. The number of nitrogens with zero attached hydrogens (tertiary/aromatic N) is 1. The highest BCUT2D eigenvalue weighted by molar-refractivity contribution is 6.04. The third-order valence-corrected chi connectivity index (χ3v) is 3.27. The average Bonchev–Trinajstić information content (AvgIpc) is 2.59. The molecule has 4 heteroatoms. The second-order valence-corrected chi connectivity index (χ2v) is 5.12. The summed E-state index contributed by atoms with van der Waals surface area (Å²) in [5.41, 5.74) is 2.40. The number of hydrogen-bond acceptors (Lipinski definition) is 3. The molecule has 0 atom stereocenters. The molecule has 0 aliphatic carbocycles. The second-order valence-electron chi connectivity index (χ2n) is 5.12. The van der Waals surface area contributed by atoms with E-state index >= 15 is 0 Å². The van der Waals surface area contributed by atoms with Crippen molar-refractivity contribution in [2.45, 2.75) is 6.92 Å². The predicted molar refractivity (Wildman–Crippen MR) is 89.9 cm³/mol. The number of carbonyl (C=O) groups is 1. The fourth-order valence-corrected chi connectivity index (χ4v) is 2.03. The second kappa shape index (κ2) is 6.75. The van der Waals surface area contributed by atoms with Crippen molar-refractivity contribution in [3.05, 3.63) is 84.1 Å². The summed E-state index contributed by atoms with van der Waals surface area (Å²) in [6, 6.07) is 20.3. The van der Waals surface area contributed by atoms with Crippen LogP contribution in [-0.2, 0) is 0 Å². The number of amides is 1. The normalized spacial score (nSPS) is 10.1. The molecule has 3 rings (SSSR count). The molecule has 0 radical (unpaired) electrons. The third kappa shape index (κ3) is 3.95. The lowest BCUT2D eigenvalue weighted by atomic mass is 10.2. The predicted octanol–water partition coefficient (Wildman–Crippen LogP) is 4.43. The fourth-order valence-electron chi connectivity index (χ4n) is 2.03. The zero-order valence-corrected chi connectivity index (χ0v) is 12.7. The molecular weight excluding hydrogens is 288 g/mol. The SMILES string of the molecule is Cc1ccc(Oc2ccc(NC(=O)c3ccccc3)cn2)cc1. The highest BCUT2D eigenvalue weighted by Gasteiger charge is 2.06. The van der Waals surface area contributed by atoms with Gasteiger partial charge in [0.25, 0.3) is 5.91 Å². The van der Waals surface area contributed by atoms with Crippen LogP contribution in [0.4, 0.5) is 5.69 Å². The summed E-state index contributed by atoms with van der Waals surface area (Å²) in [4.78, 5) is 16.3. The molecular formula is C19H16N2O2. The van der Waals surface area contributed by atoms with Crippen molar-refractivity contribution in [2.75, 3.05) is 5.32 Å². The molecule has 114 valence electrons. The zero-order chi connectivity index (χ0) is 16.1. The molecule has 0 saturated heterocycles. The van der Waals surface area contributed by atoms with Crippen LogP contribution in [0.25, 0.3) is 0 Å². The van der Waals surface area contributed by atoms with E-state index in [1.165, 1.54) is 5.56 Å². The van der Waals surface area contributed by atoms with Gasteiger partial charge < -0.3 is 10.1 Å². The first-order chi connectivity index (χ1) is 11.2. The standard InChI is InChI=1S/C19H16N2O2/c1-14-7-10-17(11-8-14)23-18-12-9-16(13-20-18)21-19(22)15-5-3-2-4-6-15/h2-13H,1H3,(H,21,22). The summed E-state index contributed by atoms with van der Waals surface area (Å²) in [6.07, 6.45) is 1.57. The van der Waals surface area contributed by atoms with Gasteiger partial charge in [-0.15, -0.1) is 0 Å². The molecule has 1 aromatic heterocycles. The minimum Gasteiger partial charge on any atom is -0.439 e. The van der Waals surface area contributed by atoms with Crippen LogP contribution in [0.1, 0.15) is 15.9 Å². The Morgan fingerprint density at radius 3 is 2.35 bits per heavy atom. The molecule has 0 spiro atoms. The van der Waals surface area contributed by atoms with Crippen molar-refractivity contribution in [1.29, 1.82) is 0 Å². The topological polar surface area (TPSA) is 51.2 Å². The first kappa shape index (κ1) is 14.8. The van der Waals surface area contributed by atoms with E-state index in [-0.39, 0.29) is 5.91 Å². The molecule has 0 aliphatic heterocycles. The molecule has 4 nitrogen and oxygen atoms in total. The minimum absolute atomic E-state index is 0.167. The van der Waals surface area contributed by atoms with Crippen molar-refractivity contribution >= 4 is 11.6 Å². The summed E-state index contributed by atoms with van der Waals surface area (Å²) in [5, 5.41) is 2.80. The molecule has 1 amide bonds. The lowest BCUT2D eigenvalue weighted by Gasteiger charge is -2.07. The Balaban J connectivity index is 1.65. The largest absolute Gasteiger partial charge is 0.439 e. The first-order valence-corrected chi connectivity index (χ1v) is 7.28. The van der Waals surface area contributed by atoms with Crippen molar-refractivity contribution in [2.24, 2.45) is 0 Å². The van der Waals surface area contributed by atoms with E-state index in [2.05, 4.69) is 10.3 Å². The van der Waals surface area contributed by atoms with E-state index in [9.17, 15) is 4.79 Å². The maximum absolute atomic E-state index is 12.1. The third-order valence-electron chi connectivity index (χ3n) is 3.27. The number of aryl methyl sites for hydroxylation is 1. The Hall–Kier alpha value is -3.14. The number of ether oxygens (including phenoxy) is 1. The Labute approximate surface area is 134 Å². The average molecular weight is 304 g/mol. The summed E-state index contributed by atoms with van der Waals surface area (Å²) in [7, 11) is 0. The summed E-state index contributed by atoms with van der Waals surface area (Å²) < 4.78 is 5.65. The quantitative estimate of drug-likeness (QED) is 0.775. The van der Waals surface area contributed by atoms with Crippen LogP contribution in [0.2, 0.25) is 0 Å². The van der Waals surface area contributed by atoms with Crippen molar-refractivity contribution < 1.29 is 9.53 Å². The van der Waals surface area contributed by atoms with Gasteiger partial charge in [-0.05, 0) is 37.3 Å². The van der Waals surface area contributed by atoms with E-state index in [0.29, 0.717) is 17.1 Å². The van der Waals surface area contributed by atoms with Crippen LogP contribution >= 0.6 is 0 Å². The number of nitrogens with one attached hydrogen (secondary N) is 1. The van der Waals surface area contributed by atoms with Gasteiger partial charge >= 0.3 is 0 Å². The number of carbonyl (C=O) groups excluding carboxylic acids is 1. The van der Waals surface area contributed by atoms with Gasteiger partial charge in [0.1, 0.15) is 5.75 Å². The summed E-state index contributed by atoms with van der Waals surface area (Å²) in [6.45, 7) is 2.02. The van der Waals surface area contributed by atoms with Crippen LogP contribution < -0.4 is 10.1 Å². The van der Waals surface area contributed by atoms with Crippen molar-refractivity contribution in [1.82, 2.24) is 4.98 Å². The van der Waals surface area contributed by atoms with Crippen LogP contribution in [0, 0.1) is 6.92 Å². The van der Waals surface area contributed by atoms with E-state index in [0.717, 1.165) is 5.75 Å². The van der Waals surface area contributed by atoms with Gasteiger partial charge in [0, 0.05) is 11.6 Å². The van der Waals surface area contributed by atoms with Gasteiger partial charge in [-0.2, -0.15) is 0 Å². The number of hydrogen-bond donors (Lipinski definition) is 1. The molecule has 0 fully saturated rings. The maximum Gasteiger partial charge on any atom is 0.255 e. The van der Waals surface area contributed by atoms with Gasteiger partial charge in [-0.25, -0.2) is 4.98 Å². The van der Waals surface area contributed by atoms with Crippen molar-refractivity contribution in [3.8, 4) is 11.6 Å². The molecule has 23 heavy (non-hydrogen) atoms. The van der Waals surface area contributed by atoms with E-state index in [1.807, 2.05) is 49.4 Å². The summed E-state index contributed by atoms with van der Waals surface area (Å²) >= 11 is 0. The van der Waals surface area contributed by atoms with Crippen LogP contribution in [0.5, 0.6) is 11.6 Å². The van der Waals surface area contributed by atoms with Gasteiger partial charge in [-0.3, -0.25) is 4.79 Å². The molecule has 0 aliphatic rings. The smallest absolute Gasteiger partial charge is 0.255 e. The van der Waals surface area contributed by atoms with Gasteiger partial charge in [0.15, 0.2) is 0 Å². The van der Waals surface area contributed by atoms with Gasteiger partial charge in [-0.1, -0.05) is 35.9 Å². The number of aromatic nitrogens is 1. The molecule has 0 unspecified atom stereocenters. The van der Waals surface area contributed by atoms with Gasteiger partial charge in [0.05, 0.1) is 11.9 Å². The molecule has 1 N–H and O–H groups in total. The lowest BCUT2D eigenvalue weighted by molar-refractivity contribution is 0.102. The Morgan fingerprint density at radius 2 is 1.70 bits per heavy atom. The fraction of sp³-hybridized carbons (Fsp3) is 0.0526. The molecule has 1 heterocycles. The van der Waals surface area contributed by atoms with Crippen LogP contribution in [0.3, 0.4) is 0 Å². The van der Waals surface area contributed by atoms with Crippen LogP contribution in [-0.4, -0.2) is 10.9 Å². The Kier molecular flexibility index (Phi) is 4.34. The number of rotatable bonds is 4. The number of pyridine rings is 1. The first-order valence-electron chi connectivity index (χ1n) is 7.28. The monoisotopic (exact) mass is 304 g/mol. The minimum atomic E-state index is -0.167. The van der Waals surface area contributed by atoms with E-state index in [4.69, 9.17) is 4.74 Å².